The molecule has 1 aromatic rings. The average Bonchev–Trinajstić information content (AvgIpc) is 2.37. The normalized spacial score (nSPS) is 17.4. The van der Waals surface area contributed by atoms with Gasteiger partial charge >= 0.3 is 12.4 Å². The van der Waals surface area contributed by atoms with Gasteiger partial charge in [-0.1, -0.05) is 0 Å². The lowest BCUT2D eigenvalue weighted by molar-refractivity contribution is -0.141. The van der Waals surface area contributed by atoms with Gasteiger partial charge in [0.15, 0.2) is 0 Å². The summed E-state index contributed by atoms with van der Waals surface area (Å²) < 4.78 is 76.7. The Morgan fingerprint density at radius 2 is 1.50 bits per heavy atom. The second-order valence-corrected chi connectivity index (χ2v) is 4.46. The molecule has 112 valence electrons. The Morgan fingerprint density at radius 3 is 2.00 bits per heavy atom. The van der Waals surface area contributed by atoms with Crippen LogP contribution in [0.4, 0.5) is 32.0 Å². The highest BCUT2D eigenvalue weighted by Crippen LogP contribution is 2.40. The smallest absolute Gasteiger partial charge is 0.368 e. The molecule has 0 bridgehead atoms. The van der Waals surface area contributed by atoms with E-state index < -0.39 is 29.2 Å². The largest absolute Gasteiger partial charge is 0.418 e. The highest BCUT2D eigenvalue weighted by Gasteiger charge is 2.38. The minimum atomic E-state index is -4.68. The van der Waals surface area contributed by atoms with Gasteiger partial charge in [0.25, 0.3) is 0 Å². The van der Waals surface area contributed by atoms with Crippen molar-refractivity contribution in [1.82, 2.24) is 5.32 Å². The van der Waals surface area contributed by atoms with Gasteiger partial charge in [0.2, 0.25) is 0 Å². The summed E-state index contributed by atoms with van der Waals surface area (Å²) in [6, 6.07) is 1.54. The number of hydrogen-bond donors (Lipinski definition) is 1. The van der Waals surface area contributed by atoms with Gasteiger partial charge in [-0.25, -0.2) is 0 Å². The Balaban J connectivity index is 2.48. The van der Waals surface area contributed by atoms with Crippen LogP contribution in [0.3, 0.4) is 0 Å². The molecule has 1 fully saturated rings. The third kappa shape index (κ3) is 3.17. The quantitative estimate of drug-likeness (QED) is 0.801. The zero-order valence-electron chi connectivity index (χ0n) is 10.3. The lowest BCUT2D eigenvalue weighted by Crippen LogP contribution is -2.44. The number of halogens is 6. The zero-order valence-corrected chi connectivity index (χ0v) is 10.3. The van der Waals surface area contributed by atoms with E-state index in [-0.39, 0.29) is 13.1 Å². The Hall–Kier alpha value is -1.44. The highest BCUT2D eigenvalue weighted by atomic mass is 19.4. The van der Waals surface area contributed by atoms with Crippen molar-refractivity contribution in [3.63, 3.8) is 0 Å². The fourth-order valence-electron chi connectivity index (χ4n) is 2.12. The van der Waals surface area contributed by atoms with E-state index >= 15 is 0 Å². The van der Waals surface area contributed by atoms with Gasteiger partial charge in [0.05, 0.1) is 11.1 Å². The standard InChI is InChI=1S/C12H12F6N2/c13-11(14,15)8-1-2-9(12(16,17)18)10(7-8)20-5-3-19-4-6-20/h1-2,7,19H,3-6H2. The fourth-order valence-corrected chi connectivity index (χ4v) is 2.12. The maximum absolute atomic E-state index is 12.9. The van der Waals surface area contributed by atoms with Gasteiger partial charge in [0, 0.05) is 31.9 Å². The van der Waals surface area contributed by atoms with E-state index in [2.05, 4.69) is 5.32 Å². The van der Waals surface area contributed by atoms with Gasteiger partial charge in [-0.2, -0.15) is 26.3 Å². The predicted molar refractivity (Wildman–Crippen MR) is 61.5 cm³/mol. The maximum Gasteiger partial charge on any atom is 0.418 e. The fraction of sp³-hybridized carbons (Fsp3) is 0.500. The molecule has 1 aromatic carbocycles. The van der Waals surface area contributed by atoms with E-state index in [1.807, 2.05) is 0 Å². The minimum Gasteiger partial charge on any atom is -0.368 e. The summed E-state index contributed by atoms with van der Waals surface area (Å²) in [5, 5.41) is 2.94. The van der Waals surface area contributed by atoms with Crippen molar-refractivity contribution in [1.29, 1.82) is 0 Å². The molecule has 0 radical (unpaired) electrons. The molecule has 0 unspecified atom stereocenters. The molecule has 1 saturated heterocycles. The van der Waals surface area contributed by atoms with Gasteiger partial charge < -0.3 is 10.2 Å². The summed E-state index contributed by atoms with van der Waals surface area (Å²) in [7, 11) is 0. The number of nitrogens with zero attached hydrogens (tertiary/aromatic N) is 1. The zero-order chi connectivity index (χ0) is 15.0. The summed E-state index contributed by atoms with van der Waals surface area (Å²) >= 11 is 0. The van der Waals surface area contributed by atoms with Crippen molar-refractivity contribution in [2.45, 2.75) is 12.4 Å². The molecule has 1 N–H and O–H groups in total. The molecular formula is C12H12F6N2. The first-order chi connectivity index (χ1) is 9.19. The Labute approximate surface area is 111 Å². The van der Waals surface area contributed by atoms with Crippen LogP contribution >= 0.6 is 0 Å². The van der Waals surface area contributed by atoms with Crippen LogP contribution in [0.5, 0.6) is 0 Å². The van der Waals surface area contributed by atoms with Crippen LogP contribution in [0.2, 0.25) is 0 Å². The first-order valence-corrected chi connectivity index (χ1v) is 5.94. The first-order valence-electron chi connectivity index (χ1n) is 5.94. The van der Waals surface area contributed by atoms with Crippen molar-refractivity contribution >= 4 is 5.69 Å². The van der Waals surface area contributed by atoms with Crippen molar-refractivity contribution < 1.29 is 26.3 Å². The van der Waals surface area contributed by atoms with E-state index in [0.29, 0.717) is 31.3 Å². The molecular weight excluding hydrogens is 286 g/mol. The molecule has 0 aromatic heterocycles. The Morgan fingerprint density at radius 1 is 0.900 bits per heavy atom. The lowest BCUT2D eigenvalue weighted by atomic mass is 10.1. The first kappa shape index (κ1) is 15.0. The lowest BCUT2D eigenvalue weighted by Gasteiger charge is -2.32. The third-order valence-corrected chi connectivity index (χ3v) is 3.09. The van der Waals surface area contributed by atoms with Crippen LogP contribution in [0.25, 0.3) is 0 Å². The molecule has 0 amide bonds. The van der Waals surface area contributed by atoms with E-state index in [1.165, 1.54) is 4.90 Å². The summed E-state index contributed by atoms with van der Waals surface area (Å²) in [6.07, 6.45) is -9.34. The van der Waals surface area contributed by atoms with Crippen LogP contribution < -0.4 is 10.2 Å². The molecule has 1 heterocycles. The molecule has 0 atom stereocenters. The summed E-state index contributed by atoms with van der Waals surface area (Å²) in [4.78, 5) is 1.33. The number of hydrogen-bond acceptors (Lipinski definition) is 2. The predicted octanol–water partition coefficient (Wildman–Crippen LogP) is 3.13. The molecule has 2 rings (SSSR count). The molecule has 0 saturated carbocycles. The molecule has 20 heavy (non-hydrogen) atoms. The van der Waals surface area contributed by atoms with E-state index in [9.17, 15) is 26.3 Å². The van der Waals surface area contributed by atoms with Crippen molar-refractivity contribution in [3.8, 4) is 0 Å². The minimum absolute atomic E-state index is 0.240. The second-order valence-electron chi connectivity index (χ2n) is 4.46. The van der Waals surface area contributed by atoms with Gasteiger partial charge in [-0.3, -0.25) is 0 Å². The van der Waals surface area contributed by atoms with E-state index in [1.54, 1.807) is 0 Å². The van der Waals surface area contributed by atoms with Gasteiger partial charge in [-0.05, 0) is 18.2 Å². The van der Waals surface area contributed by atoms with Crippen molar-refractivity contribution in [2.24, 2.45) is 0 Å². The van der Waals surface area contributed by atoms with Crippen LogP contribution in [0.15, 0.2) is 18.2 Å². The summed E-state index contributed by atoms with van der Waals surface area (Å²) in [6.45, 7) is 1.36. The van der Waals surface area contributed by atoms with E-state index in [4.69, 9.17) is 0 Å². The van der Waals surface area contributed by atoms with Gasteiger partial charge in [-0.15, -0.1) is 0 Å². The van der Waals surface area contributed by atoms with Crippen LogP contribution in [0.1, 0.15) is 11.1 Å². The number of alkyl halides is 6. The average molecular weight is 298 g/mol. The Bertz CT molecular complexity index is 474. The second kappa shape index (κ2) is 5.16. The van der Waals surface area contributed by atoms with Crippen LogP contribution in [-0.4, -0.2) is 26.2 Å². The molecule has 2 nitrogen and oxygen atoms in total. The number of piperazine rings is 1. The SMILES string of the molecule is FC(F)(F)c1ccc(C(F)(F)F)c(N2CCNCC2)c1. The van der Waals surface area contributed by atoms with Crippen LogP contribution in [0, 0.1) is 0 Å². The van der Waals surface area contributed by atoms with Crippen LogP contribution in [-0.2, 0) is 12.4 Å². The monoisotopic (exact) mass is 298 g/mol. The third-order valence-electron chi connectivity index (χ3n) is 3.09. The molecule has 8 heteroatoms. The number of nitrogens with one attached hydrogen (secondary N) is 1. The number of anilines is 1. The maximum atomic E-state index is 12.9. The van der Waals surface area contributed by atoms with Crippen molar-refractivity contribution in [2.75, 3.05) is 31.1 Å². The van der Waals surface area contributed by atoms with Gasteiger partial charge in [0.1, 0.15) is 0 Å². The molecule has 1 aliphatic heterocycles. The Kier molecular flexibility index (Phi) is 3.86. The topological polar surface area (TPSA) is 15.3 Å². The number of benzene rings is 1. The molecule has 0 spiro atoms. The number of rotatable bonds is 1. The van der Waals surface area contributed by atoms with E-state index in [0.717, 1.165) is 0 Å². The molecule has 1 aliphatic rings. The summed E-state index contributed by atoms with van der Waals surface area (Å²) in [5.41, 5.74) is -2.51. The highest BCUT2D eigenvalue weighted by molar-refractivity contribution is 5.57. The summed E-state index contributed by atoms with van der Waals surface area (Å²) in [5.74, 6) is 0. The molecule has 0 aliphatic carbocycles. The van der Waals surface area contributed by atoms with Crippen molar-refractivity contribution in [3.05, 3.63) is 29.3 Å².